The second kappa shape index (κ2) is 11.3. The van der Waals surface area contributed by atoms with Gasteiger partial charge in [-0.1, -0.05) is 0 Å². The second-order valence-corrected chi connectivity index (χ2v) is 3.78. The highest BCUT2D eigenvalue weighted by atomic mass is 32.2. The summed E-state index contributed by atoms with van der Waals surface area (Å²) in [6.07, 6.45) is 5.89. The third kappa shape index (κ3) is 10.3. The van der Waals surface area contributed by atoms with Crippen LogP contribution in [0, 0.1) is 0 Å². The zero-order chi connectivity index (χ0) is 9.07. The van der Waals surface area contributed by atoms with Gasteiger partial charge in [-0.2, -0.15) is 11.8 Å². The van der Waals surface area contributed by atoms with E-state index in [2.05, 4.69) is 11.6 Å². The lowest BCUT2D eigenvalue weighted by molar-refractivity contribution is 0.192. The van der Waals surface area contributed by atoms with E-state index in [4.69, 9.17) is 4.74 Å². The third-order valence-corrected chi connectivity index (χ3v) is 2.30. The van der Waals surface area contributed by atoms with Crippen LogP contribution in [0.3, 0.4) is 0 Å². The molecule has 0 aromatic rings. The van der Waals surface area contributed by atoms with Crippen LogP contribution < -0.4 is 5.32 Å². The molecular weight excluding hydrogens is 170 g/mol. The van der Waals surface area contributed by atoms with E-state index in [-0.39, 0.29) is 0 Å². The van der Waals surface area contributed by atoms with Gasteiger partial charge in [-0.05, 0) is 32.1 Å². The lowest BCUT2D eigenvalue weighted by Crippen LogP contribution is -2.18. The van der Waals surface area contributed by atoms with Gasteiger partial charge in [0.25, 0.3) is 0 Å². The molecule has 0 saturated heterocycles. The van der Waals surface area contributed by atoms with Crippen molar-refractivity contribution in [1.29, 1.82) is 0 Å². The highest BCUT2D eigenvalue weighted by molar-refractivity contribution is 7.98. The van der Waals surface area contributed by atoms with Crippen molar-refractivity contribution >= 4 is 11.8 Å². The van der Waals surface area contributed by atoms with E-state index >= 15 is 0 Å². The molecule has 0 aromatic heterocycles. The largest absolute Gasteiger partial charge is 0.385 e. The number of unbranched alkanes of at least 4 members (excludes halogenated alkanes) is 2. The SMILES string of the molecule is COCCCCCNCCSC. The molecule has 2 nitrogen and oxygen atoms in total. The molecule has 0 aromatic carbocycles. The quantitative estimate of drug-likeness (QED) is 0.561. The summed E-state index contributed by atoms with van der Waals surface area (Å²) < 4.78 is 4.96. The van der Waals surface area contributed by atoms with Crippen molar-refractivity contribution in [3.8, 4) is 0 Å². The topological polar surface area (TPSA) is 21.3 Å². The molecule has 0 aliphatic carbocycles. The molecule has 0 bridgehead atoms. The Balaban J connectivity index is 2.73. The molecule has 1 N–H and O–H groups in total. The molecule has 0 heterocycles. The van der Waals surface area contributed by atoms with Crippen molar-refractivity contribution in [1.82, 2.24) is 5.32 Å². The molecule has 0 saturated carbocycles. The number of hydrogen-bond donors (Lipinski definition) is 1. The molecule has 0 atom stereocenters. The average Bonchev–Trinajstić information content (AvgIpc) is 2.10. The lowest BCUT2D eigenvalue weighted by Gasteiger charge is -2.02. The summed E-state index contributed by atoms with van der Waals surface area (Å²) in [6, 6.07) is 0. The second-order valence-electron chi connectivity index (χ2n) is 2.80. The maximum atomic E-state index is 4.96. The van der Waals surface area contributed by atoms with Crippen LogP contribution in [0.1, 0.15) is 19.3 Å². The zero-order valence-electron chi connectivity index (χ0n) is 8.27. The van der Waals surface area contributed by atoms with Gasteiger partial charge in [0.1, 0.15) is 0 Å². The van der Waals surface area contributed by atoms with Crippen LogP contribution in [0.2, 0.25) is 0 Å². The Bertz CT molecular complexity index is 70.9. The van der Waals surface area contributed by atoms with Crippen molar-refractivity contribution in [2.45, 2.75) is 19.3 Å². The molecule has 74 valence electrons. The minimum atomic E-state index is 0.908. The van der Waals surface area contributed by atoms with Crippen LogP contribution in [0.4, 0.5) is 0 Å². The van der Waals surface area contributed by atoms with Crippen LogP contribution in [-0.4, -0.2) is 38.8 Å². The Morgan fingerprint density at radius 1 is 1.17 bits per heavy atom. The van der Waals surface area contributed by atoms with Crippen molar-refractivity contribution in [2.24, 2.45) is 0 Å². The fourth-order valence-electron chi connectivity index (χ4n) is 0.972. The molecule has 3 heteroatoms. The summed E-state index contributed by atoms with van der Waals surface area (Å²) in [6.45, 7) is 3.21. The molecule has 0 spiro atoms. The summed E-state index contributed by atoms with van der Waals surface area (Å²) in [5, 5.41) is 3.40. The van der Waals surface area contributed by atoms with Crippen molar-refractivity contribution < 1.29 is 4.74 Å². The van der Waals surface area contributed by atoms with Crippen LogP contribution >= 0.6 is 11.8 Å². The molecule has 0 radical (unpaired) electrons. The maximum Gasteiger partial charge on any atom is 0.0462 e. The average molecular weight is 191 g/mol. The van der Waals surface area contributed by atoms with Gasteiger partial charge in [-0.3, -0.25) is 0 Å². The van der Waals surface area contributed by atoms with Gasteiger partial charge in [0.15, 0.2) is 0 Å². The van der Waals surface area contributed by atoms with E-state index in [1.807, 2.05) is 11.8 Å². The summed E-state index contributed by atoms with van der Waals surface area (Å²) in [5.41, 5.74) is 0. The fourth-order valence-corrected chi connectivity index (χ4v) is 1.32. The number of nitrogens with one attached hydrogen (secondary N) is 1. The Labute approximate surface area is 80.4 Å². The predicted octanol–water partition coefficient (Wildman–Crippen LogP) is 1.76. The zero-order valence-corrected chi connectivity index (χ0v) is 9.08. The highest BCUT2D eigenvalue weighted by Crippen LogP contribution is 1.94. The smallest absolute Gasteiger partial charge is 0.0462 e. The van der Waals surface area contributed by atoms with E-state index in [0.29, 0.717) is 0 Å². The molecule has 0 fully saturated rings. The lowest BCUT2D eigenvalue weighted by atomic mass is 10.2. The van der Waals surface area contributed by atoms with Gasteiger partial charge in [-0.25, -0.2) is 0 Å². The molecule has 0 unspecified atom stereocenters. The fraction of sp³-hybridized carbons (Fsp3) is 1.00. The summed E-state index contributed by atoms with van der Waals surface area (Å²) in [4.78, 5) is 0. The van der Waals surface area contributed by atoms with Crippen molar-refractivity contribution in [2.75, 3.05) is 38.8 Å². The minimum absolute atomic E-state index is 0.908. The first-order valence-electron chi connectivity index (χ1n) is 4.60. The van der Waals surface area contributed by atoms with Crippen molar-refractivity contribution in [3.63, 3.8) is 0 Å². The van der Waals surface area contributed by atoms with Crippen molar-refractivity contribution in [3.05, 3.63) is 0 Å². The molecule has 12 heavy (non-hydrogen) atoms. The van der Waals surface area contributed by atoms with E-state index in [0.717, 1.165) is 19.7 Å². The number of methoxy groups -OCH3 is 1. The Morgan fingerprint density at radius 3 is 2.67 bits per heavy atom. The Kier molecular flexibility index (Phi) is 11.5. The van der Waals surface area contributed by atoms with Gasteiger partial charge in [0.2, 0.25) is 0 Å². The van der Waals surface area contributed by atoms with Gasteiger partial charge in [0.05, 0.1) is 0 Å². The number of rotatable bonds is 9. The van der Waals surface area contributed by atoms with E-state index in [1.165, 1.54) is 25.0 Å². The molecular formula is C9H21NOS. The highest BCUT2D eigenvalue weighted by Gasteiger charge is 1.88. The Morgan fingerprint density at radius 2 is 2.00 bits per heavy atom. The number of hydrogen-bond acceptors (Lipinski definition) is 3. The first-order chi connectivity index (χ1) is 5.91. The van der Waals surface area contributed by atoms with E-state index < -0.39 is 0 Å². The maximum absolute atomic E-state index is 4.96. The third-order valence-electron chi connectivity index (χ3n) is 1.68. The van der Waals surface area contributed by atoms with Gasteiger partial charge in [-0.15, -0.1) is 0 Å². The van der Waals surface area contributed by atoms with Crippen LogP contribution in [0.25, 0.3) is 0 Å². The van der Waals surface area contributed by atoms with Gasteiger partial charge < -0.3 is 10.1 Å². The molecule has 0 aliphatic heterocycles. The first kappa shape index (κ1) is 12.3. The summed E-state index contributed by atoms with van der Waals surface area (Å²) >= 11 is 1.89. The van der Waals surface area contributed by atoms with Gasteiger partial charge >= 0.3 is 0 Å². The van der Waals surface area contributed by atoms with Crippen LogP contribution in [0.15, 0.2) is 0 Å². The predicted molar refractivity (Wildman–Crippen MR) is 57.0 cm³/mol. The first-order valence-corrected chi connectivity index (χ1v) is 5.99. The summed E-state index contributed by atoms with van der Waals surface area (Å²) in [7, 11) is 1.76. The van der Waals surface area contributed by atoms with Crippen LogP contribution in [0.5, 0.6) is 0 Å². The molecule has 0 rings (SSSR count). The standard InChI is InChI=1S/C9H21NOS/c1-11-8-5-3-4-6-10-7-9-12-2/h10H,3-9H2,1-2H3. The number of ether oxygens (including phenoxy) is 1. The molecule has 0 aliphatic rings. The van der Waals surface area contributed by atoms with Crippen LogP contribution in [-0.2, 0) is 4.74 Å². The molecule has 0 amide bonds. The minimum Gasteiger partial charge on any atom is -0.385 e. The monoisotopic (exact) mass is 191 g/mol. The summed E-state index contributed by atoms with van der Waals surface area (Å²) in [5.74, 6) is 1.22. The Hall–Kier alpha value is 0.270. The van der Waals surface area contributed by atoms with E-state index in [1.54, 1.807) is 7.11 Å². The number of thioether (sulfide) groups is 1. The van der Waals surface area contributed by atoms with Gasteiger partial charge in [0, 0.05) is 26.0 Å². The van der Waals surface area contributed by atoms with E-state index in [9.17, 15) is 0 Å². The normalized spacial score (nSPS) is 10.5.